The Morgan fingerprint density at radius 3 is 2.34 bits per heavy atom. The number of anilines is 1. The summed E-state index contributed by atoms with van der Waals surface area (Å²) in [4.78, 5) is 28.1. The molecular weight excluding hydrogens is 530 g/mol. The molecule has 0 aliphatic heterocycles. The topological polar surface area (TPSA) is 86.8 Å². The third-order valence-electron chi connectivity index (χ3n) is 5.81. The van der Waals surface area contributed by atoms with Crippen LogP contribution in [0, 0.1) is 6.92 Å². The normalized spacial score (nSPS) is 12.1. The first-order valence-corrected chi connectivity index (χ1v) is 14.6. The maximum Gasteiger partial charge on any atom is 0.244 e. The highest BCUT2D eigenvalue weighted by Gasteiger charge is 2.31. The first-order valence-electron chi connectivity index (χ1n) is 11.9. The van der Waals surface area contributed by atoms with Gasteiger partial charge in [-0.15, -0.1) is 0 Å². The third kappa shape index (κ3) is 8.65. The van der Waals surface area contributed by atoms with Gasteiger partial charge in [0, 0.05) is 17.6 Å². The minimum absolute atomic E-state index is 0.215. The molecule has 0 unspecified atom stereocenters. The largest absolute Gasteiger partial charge is 0.354 e. The van der Waals surface area contributed by atoms with Crippen LogP contribution in [0.1, 0.15) is 44.2 Å². The SMILES string of the molecule is CCCCNC(=O)[C@H](CC)N(CCc1ccccc1)C(=O)CN(c1ccc(Br)c(C)c1)S(C)(=O)=O. The first-order chi connectivity index (χ1) is 16.6. The number of aryl methyl sites for hydroxylation is 1. The van der Waals surface area contributed by atoms with Gasteiger partial charge in [-0.05, 0) is 55.5 Å². The standard InChI is InChI=1S/C26H36BrN3O4S/c1-5-7-16-28-26(32)24(6-2)29(17-15-21-11-9-8-10-12-21)25(31)19-30(35(4,33)34)22-13-14-23(27)20(3)18-22/h8-14,18,24H,5-7,15-17,19H2,1-4H3,(H,28,32)/t24-/m0/s1. The second kappa shape index (κ2) is 13.6. The molecule has 0 aromatic heterocycles. The van der Waals surface area contributed by atoms with E-state index in [9.17, 15) is 18.0 Å². The van der Waals surface area contributed by atoms with Crippen LogP contribution in [0.5, 0.6) is 0 Å². The molecule has 0 bridgehead atoms. The van der Waals surface area contributed by atoms with Crippen LogP contribution in [-0.4, -0.2) is 57.1 Å². The third-order valence-corrected chi connectivity index (χ3v) is 7.84. The molecule has 2 rings (SSSR count). The molecule has 0 saturated heterocycles. The number of rotatable bonds is 13. The van der Waals surface area contributed by atoms with Crippen molar-refractivity contribution in [3.63, 3.8) is 0 Å². The smallest absolute Gasteiger partial charge is 0.244 e. The van der Waals surface area contributed by atoms with Gasteiger partial charge in [-0.25, -0.2) is 8.42 Å². The molecule has 7 nitrogen and oxygen atoms in total. The molecule has 0 spiro atoms. The van der Waals surface area contributed by atoms with Crippen molar-refractivity contribution in [3.8, 4) is 0 Å². The van der Waals surface area contributed by atoms with E-state index in [4.69, 9.17) is 0 Å². The predicted octanol–water partition coefficient (Wildman–Crippen LogP) is 4.29. The summed E-state index contributed by atoms with van der Waals surface area (Å²) in [6.07, 6.45) is 3.87. The molecule has 2 aromatic rings. The van der Waals surface area contributed by atoms with Gasteiger partial charge >= 0.3 is 0 Å². The maximum absolute atomic E-state index is 13.6. The first kappa shape index (κ1) is 28.8. The molecule has 0 radical (unpaired) electrons. The van der Waals surface area contributed by atoms with Crippen LogP contribution in [0.3, 0.4) is 0 Å². The van der Waals surface area contributed by atoms with Crippen molar-refractivity contribution in [1.29, 1.82) is 0 Å². The van der Waals surface area contributed by atoms with Gasteiger partial charge in [-0.1, -0.05) is 66.5 Å². The average Bonchev–Trinajstić information content (AvgIpc) is 2.82. The van der Waals surface area contributed by atoms with E-state index >= 15 is 0 Å². The lowest BCUT2D eigenvalue weighted by molar-refractivity contribution is -0.139. The lowest BCUT2D eigenvalue weighted by Gasteiger charge is -2.33. The summed E-state index contributed by atoms with van der Waals surface area (Å²) in [6.45, 7) is 6.23. The number of hydrogen-bond donors (Lipinski definition) is 1. The monoisotopic (exact) mass is 565 g/mol. The van der Waals surface area contributed by atoms with Crippen molar-refractivity contribution in [2.24, 2.45) is 0 Å². The van der Waals surface area contributed by atoms with E-state index in [1.54, 1.807) is 18.2 Å². The molecule has 0 aliphatic carbocycles. The van der Waals surface area contributed by atoms with Gasteiger partial charge in [-0.2, -0.15) is 0 Å². The molecule has 1 N–H and O–H groups in total. The van der Waals surface area contributed by atoms with Crippen molar-refractivity contribution in [2.75, 3.05) is 30.2 Å². The number of carbonyl (C=O) groups is 2. The summed E-state index contributed by atoms with van der Waals surface area (Å²) < 4.78 is 27.3. The van der Waals surface area contributed by atoms with Gasteiger partial charge in [-0.3, -0.25) is 13.9 Å². The summed E-state index contributed by atoms with van der Waals surface area (Å²) in [5.74, 6) is -0.628. The Kier molecular flexibility index (Phi) is 11.2. The van der Waals surface area contributed by atoms with E-state index in [0.717, 1.165) is 39.0 Å². The van der Waals surface area contributed by atoms with Crippen LogP contribution in [0.15, 0.2) is 53.0 Å². The summed E-state index contributed by atoms with van der Waals surface area (Å²) >= 11 is 3.43. The summed E-state index contributed by atoms with van der Waals surface area (Å²) in [5, 5.41) is 2.93. The summed E-state index contributed by atoms with van der Waals surface area (Å²) in [5.41, 5.74) is 2.30. The minimum Gasteiger partial charge on any atom is -0.354 e. The number of benzene rings is 2. The lowest BCUT2D eigenvalue weighted by Crippen LogP contribution is -2.53. The van der Waals surface area contributed by atoms with Gasteiger partial charge < -0.3 is 10.2 Å². The Hall–Kier alpha value is -2.39. The van der Waals surface area contributed by atoms with Gasteiger partial charge in [0.1, 0.15) is 12.6 Å². The number of unbranched alkanes of at least 4 members (excludes halogenated alkanes) is 1. The number of carbonyl (C=O) groups excluding carboxylic acids is 2. The van der Waals surface area contributed by atoms with Crippen LogP contribution in [0.4, 0.5) is 5.69 Å². The van der Waals surface area contributed by atoms with Crippen molar-refractivity contribution < 1.29 is 18.0 Å². The van der Waals surface area contributed by atoms with Crippen molar-refractivity contribution in [3.05, 3.63) is 64.1 Å². The van der Waals surface area contributed by atoms with E-state index in [1.807, 2.05) is 51.1 Å². The van der Waals surface area contributed by atoms with Crippen molar-refractivity contribution in [2.45, 2.75) is 52.5 Å². The maximum atomic E-state index is 13.6. The molecule has 2 aromatic carbocycles. The number of halogens is 1. The molecule has 35 heavy (non-hydrogen) atoms. The number of nitrogens with zero attached hydrogens (tertiary/aromatic N) is 2. The van der Waals surface area contributed by atoms with E-state index in [-0.39, 0.29) is 12.5 Å². The zero-order valence-corrected chi connectivity index (χ0v) is 23.4. The molecule has 0 saturated carbocycles. The van der Waals surface area contributed by atoms with Gasteiger partial charge in [0.15, 0.2) is 0 Å². The van der Waals surface area contributed by atoms with Gasteiger partial charge in [0.2, 0.25) is 21.8 Å². The minimum atomic E-state index is -3.74. The molecule has 0 heterocycles. The number of nitrogens with one attached hydrogen (secondary N) is 1. The fraction of sp³-hybridized carbons (Fsp3) is 0.462. The van der Waals surface area contributed by atoms with Crippen molar-refractivity contribution >= 4 is 43.5 Å². The Morgan fingerprint density at radius 2 is 1.77 bits per heavy atom. The molecule has 192 valence electrons. The molecule has 9 heteroatoms. The number of sulfonamides is 1. The predicted molar refractivity (Wildman–Crippen MR) is 145 cm³/mol. The second-order valence-corrected chi connectivity index (χ2v) is 11.4. The van der Waals surface area contributed by atoms with E-state index in [1.165, 1.54) is 4.90 Å². The highest BCUT2D eigenvalue weighted by molar-refractivity contribution is 9.10. The molecule has 0 aliphatic rings. The highest BCUT2D eigenvalue weighted by atomic mass is 79.9. The zero-order valence-electron chi connectivity index (χ0n) is 21.0. The molecule has 0 fully saturated rings. The van der Waals surface area contributed by atoms with Crippen LogP contribution in [0.25, 0.3) is 0 Å². The Labute approximate surface area is 218 Å². The fourth-order valence-corrected chi connectivity index (χ4v) is 4.89. The average molecular weight is 567 g/mol. The van der Waals surface area contributed by atoms with Crippen LogP contribution in [0.2, 0.25) is 0 Å². The molecule has 1 atom stereocenters. The lowest BCUT2D eigenvalue weighted by atomic mass is 10.1. The Bertz CT molecular complexity index is 1090. The highest BCUT2D eigenvalue weighted by Crippen LogP contribution is 2.25. The van der Waals surface area contributed by atoms with Crippen molar-refractivity contribution in [1.82, 2.24) is 10.2 Å². The molecular formula is C26H36BrN3O4S. The summed E-state index contributed by atoms with van der Waals surface area (Å²) in [7, 11) is -3.74. The van der Waals surface area contributed by atoms with Crippen LogP contribution < -0.4 is 9.62 Å². The quantitative estimate of drug-likeness (QED) is 0.367. The fourth-order valence-electron chi connectivity index (χ4n) is 3.80. The number of amides is 2. The zero-order chi connectivity index (χ0) is 26.0. The molecule has 2 amide bonds. The van der Waals surface area contributed by atoms with E-state index in [2.05, 4.69) is 21.2 Å². The van der Waals surface area contributed by atoms with E-state index < -0.39 is 22.0 Å². The second-order valence-electron chi connectivity index (χ2n) is 8.59. The Balaban J connectivity index is 2.34. The van der Waals surface area contributed by atoms with E-state index in [0.29, 0.717) is 31.6 Å². The Morgan fingerprint density at radius 1 is 1.09 bits per heavy atom. The van der Waals surface area contributed by atoms with Crippen LogP contribution >= 0.6 is 15.9 Å². The van der Waals surface area contributed by atoms with Crippen LogP contribution in [-0.2, 0) is 26.0 Å². The van der Waals surface area contributed by atoms with Gasteiger partial charge in [0.05, 0.1) is 11.9 Å². The number of hydrogen-bond acceptors (Lipinski definition) is 4. The van der Waals surface area contributed by atoms with Gasteiger partial charge in [0.25, 0.3) is 0 Å². The summed E-state index contributed by atoms with van der Waals surface area (Å²) in [6, 6.07) is 14.2.